The molecule has 0 fully saturated rings. The molecule has 3 rings (SSSR count). The van der Waals surface area contributed by atoms with Crippen molar-refractivity contribution in [2.75, 3.05) is 17.2 Å². The first-order chi connectivity index (χ1) is 13.5. The van der Waals surface area contributed by atoms with E-state index in [1.807, 2.05) is 0 Å². The van der Waals surface area contributed by atoms with E-state index in [4.69, 9.17) is 4.74 Å². The summed E-state index contributed by atoms with van der Waals surface area (Å²) in [4.78, 5) is 23.1. The van der Waals surface area contributed by atoms with Crippen LogP contribution in [0.1, 0.15) is 13.8 Å². The van der Waals surface area contributed by atoms with Crippen LogP contribution in [0.5, 0.6) is 5.75 Å². The predicted octanol–water partition coefficient (Wildman–Crippen LogP) is 4.34. The molecule has 0 saturated heterocycles. The molecule has 0 aliphatic rings. The SMILES string of the molecule is CCOC(=O)Nc1cc(O)c(NC(C)=O)cc1N=Nc1cccc2nsnc12. The molecule has 0 spiro atoms. The number of fused-ring (bicyclic) bond motifs is 1. The van der Waals surface area contributed by atoms with E-state index in [1.165, 1.54) is 19.1 Å². The number of rotatable bonds is 5. The van der Waals surface area contributed by atoms with Crippen LogP contribution in [-0.4, -0.2) is 32.5 Å². The Morgan fingerprint density at radius 2 is 1.93 bits per heavy atom. The highest BCUT2D eigenvalue weighted by Crippen LogP contribution is 2.37. The number of aromatic hydroxyl groups is 1. The van der Waals surface area contributed by atoms with Crippen molar-refractivity contribution in [1.29, 1.82) is 0 Å². The number of anilines is 2. The number of aromatic nitrogens is 2. The van der Waals surface area contributed by atoms with E-state index in [2.05, 4.69) is 29.6 Å². The monoisotopic (exact) mass is 400 g/mol. The highest BCUT2D eigenvalue weighted by Gasteiger charge is 2.14. The number of hydrogen-bond acceptors (Lipinski definition) is 9. The molecule has 2 amide bonds. The minimum atomic E-state index is -0.712. The largest absolute Gasteiger partial charge is 0.506 e. The van der Waals surface area contributed by atoms with Crippen molar-refractivity contribution in [1.82, 2.24) is 8.75 Å². The summed E-state index contributed by atoms with van der Waals surface area (Å²) in [6.07, 6.45) is -0.712. The second-order valence-corrected chi connectivity index (χ2v) is 6.05. The van der Waals surface area contributed by atoms with E-state index in [1.54, 1.807) is 25.1 Å². The number of nitrogens with one attached hydrogen (secondary N) is 2. The van der Waals surface area contributed by atoms with Crippen LogP contribution in [0.2, 0.25) is 0 Å². The number of nitrogens with zero attached hydrogens (tertiary/aromatic N) is 4. The van der Waals surface area contributed by atoms with Crippen LogP contribution in [0.15, 0.2) is 40.6 Å². The molecule has 11 heteroatoms. The van der Waals surface area contributed by atoms with Gasteiger partial charge in [-0.15, -0.1) is 10.2 Å². The van der Waals surface area contributed by atoms with Crippen molar-refractivity contribution in [2.45, 2.75) is 13.8 Å². The van der Waals surface area contributed by atoms with Gasteiger partial charge in [-0.3, -0.25) is 10.1 Å². The standard InChI is InChI=1S/C17H16N6O4S/c1-3-27-17(26)19-12-8-15(25)14(18-9(2)24)7-13(12)21-20-10-5-4-6-11-16(10)23-28-22-11/h4-8,25H,3H2,1-2H3,(H,18,24)(H,19,26). The fourth-order valence-electron chi connectivity index (χ4n) is 2.31. The summed E-state index contributed by atoms with van der Waals surface area (Å²) in [5.41, 5.74) is 2.27. The predicted molar refractivity (Wildman–Crippen MR) is 105 cm³/mol. The topological polar surface area (TPSA) is 138 Å². The van der Waals surface area contributed by atoms with Crippen LogP contribution in [0.25, 0.3) is 11.0 Å². The Morgan fingerprint density at radius 1 is 1.14 bits per heavy atom. The lowest BCUT2D eigenvalue weighted by molar-refractivity contribution is -0.114. The highest BCUT2D eigenvalue weighted by atomic mass is 32.1. The van der Waals surface area contributed by atoms with E-state index >= 15 is 0 Å². The normalized spacial score (nSPS) is 10.9. The number of amides is 2. The van der Waals surface area contributed by atoms with Crippen LogP contribution in [0.3, 0.4) is 0 Å². The molecule has 2 aromatic carbocycles. The van der Waals surface area contributed by atoms with Gasteiger partial charge in [-0.05, 0) is 25.1 Å². The third kappa shape index (κ3) is 4.38. The van der Waals surface area contributed by atoms with E-state index < -0.39 is 6.09 Å². The van der Waals surface area contributed by atoms with Gasteiger partial charge >= 0.3 is 6.09 Å². The van der Waals surface area contributed by atoms with Crippen LogP contribution in [0, 0.1) is 0 Å². The molecule has 0 atom stereocenters. The van der Waals surface area contributed by atoms with E-state index in [0.717, 1.165) is 11.7 Å². The summed E-state index contributed by atoms with van der Waals surface area (Å²) < 4.78 is 13.2. The molecule has 0 aliphatic heterocycles. The molecular weight excluding hydrogens is 384 g/mol. The fraction of sp³-hybridized carbons (Fsp3) is 0.176. The molecule has 0 bridgehead atoms. The molecule has 0 aliphatic carbocycles. The summed E-state index contributed by atoms with van der Waals surface area (Å²) in [6, 6.07) is 7.94. The number of phenols is 1. The third-order valence-electron chi connectivity index (χ3n) is 3.47. The first-order valence-corrected chi connectivity index (χ1v) is 8.92. The average Bonchev–Trinajstić information content (AvgIpc) is 3.12. The zero-order valence-corrected chi connectivity index (χ0v) is 15.8. The number of azo groups is 1. The molecule has 0 unspecified atom stereocenters. The summed E-state index contributed by atoms with van der Waals surface area (Å²) in [5, 5.41) is 23.4. The third-order valence-corrected chi connectivity index (χ3v) is 4.01. The first kappa shape index (κ1) is 19.2. The lowest BCUT2D eigenvalue weighted by Gasteiger charge is -2.11. The molecular formula is C17H16N6O4S. The van der Waals surface area contributed by atoms with E-state index in [-0.39, 0.29) is 35.3 Å². The fourth-order valence-corrected chi connectivity index (χ4v) is 2.85. The minimum Gasteiger partial charge on any atom is -0.506 e. The molecule has 1 aromatic heterocycles. The van der Waals surface area contributed by atoms with Gasteiger partial charge in [-0.1, -0.05) is 6.07 Å². The zero-order chi connectivity index (χ0) is 20.1. The van der Waals surface area contributed by atoms with Gasteiger partial charge in [0.1, 0.15) is 28.2 Å². The average molecular weight is 400 g/mol. The molecule has 0 saturated carbocycles. The van der Waals surface area contributed by atoms with Crippen molar-refractivity contribution < 1.29 is 19.4 Å². The van der Waals surface area contributed by atoms with Gasteiger partial charge in [0.05, 0.1) is 29.7 Å². The van der Waals surface area contributed by atoms with Gasteiger partial charge in [0.2, 0.25) is 5.91 Å². The number of hydrogen-bond donors (Lipinski definition) is 3. The van der Waals surface area contributed by atoms with Gasteiger partial charge in [-0.25, -0.2) is 4.79 Å². The van der Waals surface area contributed by atoms with Crippen molar-refractivity contribution in [3.63, 3.8) is 0 Å². The maximum absolute atomic E-state index is 11.8. The number of phenolic OH excluding ortho intramolecular Hbond substituents is 1. The summed E-state index contributed by atoms with van der Waals surface area (Å²) in [5.74, 6) is -0.616. The van der Waals surface area contributed by atoms with Crippen molar-refractivity contribution in [3.05, 3.63) is 30.3 Å². The van der Waals surface area contributed by atoms with Crippen LogP contribution in [0.4, 0.5) is 27.5 Å². The van der Waals surface area contributed by atoms with Crippen molar-refractivity contribution in [2.24, 2.45) is 10.2 Å². The summed E-state index contributed by atoms with van der Waals surface area (Å²) >= 11 is 1.06. The Balaban J connectivity index is 2.01. The Bertz CT molecular complexity index is 1060. The molecule has 0 radical (unpaired) electrons. The van der Waals surface area contributed by atoms with E-state index in [0.29, 0.717) is 16.7 Å². The van der Waals surface area contributed by atoms with Crippen LogP contribution < -0.4 is 10.6 Å². The maximum atomic E-state index is 11.8. The highest BCUT2D eigenvalue weighted by molar-refractivity contribution is 7.00. The Kier molecular flexibility index (Phi) is 5.75. The van der Waals surface area contributed by atoms with E-state index in [9.17, 15) is 14.7 Å². The molecule has 3 N–H and O–H groups in total. The molecule has 28 heavy (non-hydrogen) atoms. The summed E-state index contributed by atoms with van der Waals surface area (Å²) in [7, 11) is 0. The quantitative estimate of drug-likeness (QED) is 0.430. The molecule has 3 aromatic rings. The van der Waals surface area contributed by atoms with Gasteiger partial charge in [0.15, 0.2) is 0 Å². The van der Waals surface area contributed by atoms with Crippen molar-refractivity contribution >= 4 is 57.5 Å². The van der Waals surface area contributed by atoms with Gasteiger partial charge in [-0.2, -0.15) is 8.75 Å². The van der Waals surface area contributed by atoms with Gasteiger partial charge in [0.25, 0.3) is 0 Å². The lowest BCUT2D eigenvalue weighted by atomic mass is 10.2. The summed E-state index contributed by atoms with van der Waals surface area (Å²) in [6.45, 7) is 3.15. The number of carbonyl (C=O) groups excluding carboxylic acids is 2. The number of carbonyl (C=O) groups is 2. The second kappa shape index (κ2) is 8.39. The maximum Gasteiger partial charge on any atom is 0.411 e. The first-order valence-electron chi connectivity index (χ1n) is 8.19. The van der Waals surface area contributed by atoms with Crippen LogP contribution >= 0.6 is 11.7 Å². The van der Waals surface area contributed by atoms with Crippen molar-refractivity contribution in [3.8, 4) is 5.75 Å². The molecule has 10 nitrogen and oxygen atoms in total. The number of ether oxygens (including phenoxy) is 1. The number of benzene rings is 2. The smallest absolute Gasteiger partial charge is 0.411 e. The Labute approximate surface area is 163 Å². The lowest BCUT2D eigenvalue weighted by Crippen LogP contribution is -2.13. The van der Waals surface area contributed by atoms with Gasteiger partial charge in [0, 0.05) is 13.0 Å². The van der Waals surface area contributed by atoms with Gasteiger partial charge < -0.3 is 15.2 Å². The van der Waals surface area contributed by atoms with Crippen LogP contribution in [-0.2, 0) is 9.53 Å². The molecule has 1 heterocycles. The Morgan fingerprint density at radius 3 is 2.68 bits per heavy atom. The molecule has 144 valence electrons. The zero-order valence-electron chi connectivity index (χ0n) is 15.0. The second-order valence-electron chi connectivity index (χ2n) is 5.52. The minimum absolute atomic E-state index is 0.129. The Hall–Kier alpha value is -3.60.